The molecule has 0 aliphatic heterocycles. The number of hydrogen-bond acceptors (Lipinski definition) is 6. The van der Waals surface area contributed by atoms with Crippen LogP contribution >= 0.6 is 11.3 Å². The largest absolute Gasteiger partial charge is 0.306 e. The van der Waals surface area contributed by atoms with Crippen molar-refractivity contribution in [2.24, 2.45) is 0 Å². The van der Waals surface area contributed by atoms with E-state index in [1.165, 1.54) is 17.4 Å². The number of nitrogens with zero attached hydrogens (tertiary/aromatic N) is 3. The van der Waals surface area contributed by atoms with E-state index in [1.54, 1.807) is 6.07 Å². The second kappa shape index (κ2) is 4.95. The molecule has 2 heterocycles. The van der Waals surface area contributed by atoms with Crippen LogP contribution in [-0.2, 0) is 6.54 Å². The Labute approximate surface area is 108 Å². The number of H-pyrrole nitrogens is 1. The minimum Gasteiger partial charge on any atom is -0.306 e. The van der Waals surface area contributed by atoms with E-state index < -0.39 is 0 Å². The SMILES string of the molecule is CC(C)(C)NCc1nnc(-c2ccc(=O)[nH]n2)s1. The first kappa shape index (κ1) is 12.8. The second-order valence-corrected chi connectivity index (χ2v) is 5.97. The molecule has 0 bridgehead atoms. The molecule has 0 fully saturated rings. The molecule has 0 saturated heterocycles. The van der Waals surface area contributed by atoms with Gasteiger partial charge in [-0.1, -0.05) is 11.3 Å². The van der Waals surface area contributed by atoms with Crippen molar-refractivity contribution in [1.82, 2.24) is 25.7 Å². The van der Waals surface area contributed by atoms with Gasteiger partial charge in [0.25, 0.3) is 5.56 Å². The van der Waals surface area contributed by atoms with Crippen LogP contribution in [0.1, 0.15) is 25.8 Å². The number of hydrogen-bond donors (Lipinski definition) is 2. The van der Waals surface area contributed by atoms with Crippen LogP contribution in [0.5, 0.6) is 0 Å². The first-order valence-corrected chi connectivity index (χ1v) is 6.39. The molecule has 0 aromatic carbocycles. The lowest BCUT2D eigenvalue weighted by Crippen LogP contribution is -2.35. The maximum atomic E-state index is 10.9. The van der Waals surface area contributed by atoms with Crippen molar-refractivity contribution in [2.45, 2.75) is 32.9 Å². The van der Waals surface area contributed by atoms with Gasteiger partial charge in [0, 0.05) is 11.6 Å². The topological polar surface area (TPSA) is 83.6 Å². The van der Waals surface area contributed by atoms with Gasteiger partial charge in [-0.25, -0.2) is 5.10 Å². The maximum absolute atomic E-state index is 10.9. The Bertz CT molecular complexity index is 563. The Morgan fingerprint density at radius 1 is 1.33 bits per heavy atom. The molecule has 0 amide bonds. The number of aromatic amines is 1. The van der Waals surface area contributed by atoms with Gasteiger partial charge in [-0.2, -0.15) is 5.10 Å². The van der Waals surface area contributed by atoms with E-state index in [0.717, 1.165) is 5.01 Å². The van der Waals surface area contributed by atoms with E-state index in [0.29, 0.717) is 17.2 Å². The summed E-state index contributed by atoms with van der Waals surface area (Å²) in [6.07, 6.45) is 0. The summed E-state index contributed by atoms with van der Waals surface area (Å²) >= 11 is 1.46. The van der Waals surface area contributed by atoms with Crippen LogP contribution in [-0.4, -0.2) is 25.9 Å². The first-order valence-electron chi connectivity index (χ1n) is 5.57. The number of rotatable bonds is 3. The van der Waals surface area contributed by atoms with Crippen LogP contribution in [0.3, 0.4) is 0 Å². The zero-order chi connectivity index (χ0) is 13.2. The molecule has 2 aromatic heterocycles. The van der Waals surface area contributed by atoms with Crippen molar-refractivity contribution in [3.63, 3.8) is 0 Å². The standard InChI is InChI=1S/C11H15N5OS/c1-11(2,3)12-6-9-15-16-10(18-9)7-4-5-8(17)14-13-7/h4-5,12H,6H2,1-3H3,(H,14,17). The minimum atomic E-state index is -0.224. The molecule has 6 nitrogen and oxygen atoms in total. The van der Waals surface area contributed by atoms with Crippen molar-refractivity contribution in [3.05, 3.63) is 27.5 Å². The molecule has 2 N–H and O–H groups in total. The highest BCUT2D eigenvalue weighted by Crippen LogP contribution is 2.20. The predicted molar refractivity (Wildman–Crippen MR) is 70.4 cm³/mol. The lowest BCUT2D eigenvalue weighted by atomic mass is 10.1. The molecule has 18 heavy (non-hydrogen) atoms. The van der Waals surface area contributed by atoms with Crippen LogP contribution in [0.15, 0.2) is 16.9 Å². The van der Waals surface area contributed by atoms with Gasteiger partial charge in [0.1, 0.15) is 10.7 Å². The normalized spacial score (nSPS) is 11.7. The van der Waals surface area contributed by atoms with Crippen molar-refractivity contribution in [3.8, 4) is 10.7 Å². The molecule has 2 rings (SSSR count). The molecule has 0 aliphatic rings. The smallest absolute Gasteiger partial charge is 0.264 e. The lowest BCUT2D eigenvalue weighted by molar-refractivity contribution is 0.423. The average Bonchev–Trinajstić information content (AvgIpc) is 2.75. The zero-order valence-corrected chi connectivity index (χ0v) is 11.3. The van der Waals surface area contributed by atoms with Crippen molar-refractivity contribution < 1.29 is 0 Å². The van der Waals surface area contributed by atoms with E-state index >= 15 is 0 Å². The Kier molecular flexibility index (Phi) is 3.53. The Hall–Kier alpha value is -1.60. The summed E-state index contributed by atoms with van der Waals surface area (Å²) in [5.41, 5.74) is 0.453. The molecule has 0 aliphatic carbocycles. The van der Waals surface area contributed by atoms with Crippen LogP contribution in [0.2, 0.25) is 0 Å². The fourth-order valence-corrected chi connectivity index (χ4v) is 1.98. The Balaban J connectivity index is 2.10. The van der Waals surface area contributed by atoms with Gasteiger partial charge in [-0.15, -0.1) is 10.2 Å². The van der Waals surface area contributed by atoms with Gasteiger partial charge in [0.15, 0.2) is 5.01 Å². The van der Waals surface area contributed by atoms with E-state index in [9.17, 15) is 4.79 Å². The lowest BCUT2D eigenvalue weighted by Gasteiger charge is -2.19. The molecular weight excluding hydrogens is 250 g/mol. The molecule has 0 unspecified atom stereocenters. The van der Waals surface area contributed by atoms with E-state index in [4.69, 9.17) is 0 Å². The third-order valence-electron chi connectivity index (χ3n) is 2.14. The number of nitrogens with one attached hydrogen (secondary N) is 2. The monoisotopic (exact) mass is 265 g/mol. The quantitative estimate of drug-likeness (QED) is 0.870. The fourth-order valence-electron chi connectivity index (χ4n) is 1.23. The van der Waals surface area contributed by atoms with E-state index in [2.05, 4.69) is 46.5 Å². The summed E-state index contributed by atoms with van der Waals surface area (Å²) in [6, 6.07) is 3.07. The van der Waals surface area contributed by atoms with Gasteiger partial charge in [-0.05, 0) is 26.8 Å². The highest BCUT2D eigenvalue weighted by atomic mass is 32.1. The minimum absolute atomic E-state index is 0.0437. The Morgan fingerprint density at radius 2 is 2.11 bits per heavy atom. The molecule has 96 valence electrons. The molecule has 2 aromatic rings. The van der Waals surface area contributed by atoms with E-state index in [1.807, 2.05) is 0 Å². The van der Waals surface area contributed by atoms with E-state index in [-0.39, 0.29) is 11.1 Å². The second-order valence-electron chi connectivity index (χ2n) is 4.91. The van der Waals surface area contributed by atoms with Crippen molar-refractivity contribution in [2.75, 3.05) is 0 Å². The summed E-state index contributed by atoms with van der Waals surface area (Å²) in [7, 11) is 0. The molecule has 7 heteroatoms. The summed E-state index contributed by atoms with van der Waals surface area (Å²) < 4.78 is 0. The van der Waals surface area contributed by atoms with Crippen LogP contribution in [0.4, 0.5) is 0 Å². The molecule has 0 radical (unpaired) electrons. The van der Waals surface area contributed by atoms with Gasteiger partial charge in [0.2, 0.25) is 0 Å². The van der Waals surface area contributed by atoms with Crippen molar-refractivity contribution >= 4 is 11.3 Å². The molecule has 0 spiro atoms. The fraction of sp³-hybridized carbons (Fsp3) is 0.455. The third kappa shape index (κ3) is 3.44. The molecular formula is C11H15N5OS. The summed E-state index contributed by atoms with van der Waals surface area (Å²) in [6.45, 7) is 6.96. The van der Waals surface area contributed by atoms with Crippen LogP contribution < -0.4 is 10.9 Å². The maximum Gasteiger partial charge on any atom is 0.264 e. The predicted octanol–water partition coefficient (Wildman–Crippen LogP) is 1.18. The Morgan fingerprint density at radius 3 is 2.72 bits per heavy atom. The van der Waals surface area contributed by atoms with Crippen molar-refractivity contribution in [1.29, 1.82) is 0 Å². The van der Waals surface area contributed by atoms with Gasteiger partial charge in [0.05, 0.1) is 6.54 Å². The molecule has 0 saturated carbocycles. The zero-order valence-electron chi connectivity index (χ0n) is 10.5. The average molecular weight is 265 g/mol. The highest BCUT2D eigenvalue weighted by molar-refractivity contribution is 7.14. The van der Waals surface area contributed by atoms with Gasteiger partial charge < -0.3 is 5.32 Å². The first-order chi connectivity index (χ1) is 8.44. The van der Waals surface area contributed by atoms with Gasteiger partial charge >= 0.3 is 0 Å². The third-order valence-corrected chi connectivity index (χ3v) is 3.08. The summed E-state index contributed by atoms with van der Waals surface area (Å²) in [4.78, 5) is 10.9. The molecule has 0 atom stereocenters. The number of aromatic nitrogens is 4. The van der Waals surface area contributed by atoms with Crippen LogP contribution in [0.25, 0.3) is 10.7 Å². The highest BCUT2D eigenvalue weighted by Gasteiger charge is 2.12. The van der Waals surface area contributed by atoms with Crippen LogP contribution in [0, 0.1) is 0 Å². The summed E-state index contributed by atoms with van der Waals surface area (Å²) in [5.74, 6) is 0. The summed E-state index contributed by atoms with van der Waals surface area (Å²) in [5, 5.41) is 19.4. The van der Waals surface area contributed by atoms with Gasteiger partial charge in [-0.3, -0.25) is 4.79 Å².